The number of carbonyl (C=O) groups excluding carboxylic acids is 4. The van der Waals surface area contributed by atoms with E-state index in [9.17, 15) is 29.4 Å². The normalized spacial score (nSPS) is 34.7. The molecule has 0 aromatic carbocycles. The molecule has 0 aromatic rings. The number of carbonyl (C=O) groups is 4. The summed E-state index contributed by atoms with van der Waals surface area (Å²) in [6.45, 7) is 8.32. The van der Waals surface area contributed by atoms with Crippen LogP contribution in [0.25, 0.3) is 0 Å². The van der Waals surface area contributed by atoms with Crippen LogP contribution in [-0.4, -0.2) is 72.3 Å². The molecule has 4 rings (SSSR count). The van der Waals surface area contributed by atoms with Crippen molar-refractivity contribution in [1.29, 1.82) is 0 Å². The molecule has 3 N–H and O–H groups in total. The standard InChI is InChI=1S/C28H37NO9/c1-13(2)17(11-30)29-10-15-22-25(34)24(33)21-16-7-8-19(32)27(16,4)9-18(37-14(3)31)23(21)28(22,5)20(12-36-6)38-26(15)35/h10,13,16-18,20,29-30,34H,7-9,11-12H2,1-6H3/b15-10-/t16-,17+,18+,20+,27-,28-/m0/s1. The molecule has 0 unspecified atom stereocenters. The van der Waals surface area contributed by atoms with Gasteiger partial charge in [0.05, 0.1) is 30.2 Å². The van der Waals surface area contributed by atoms with Crippen LogP contribution in [0.5, 0.6) is 0 Å². The maximum atomic E-state index is 13.9. The number of allylic oxidation sites excluding steroid dienone is 1. The van der Waals surface area contributed by atoms with Gasteiger partial charge in [0.25, 0.3) is 0 Å². The molecule has 0 radical (unpaired) electrons. The third kappa shape index (κ3) is 4.09. The molecule has 0 bridgehead atoms. The van der Waals surface area contributed by atoms with E-state index in [1.165, 1.54) is 20.2 Å². The van der Waals surface area contributed by atoms with Gasteiger partial charge in [0, 0.05) is 55.6 Å². The zero-order chi connectivity index (χ0) is 28.2. The first kappa shape index (κ1) is 28.0. The minimum Gasteiger partial charge on any atom is -0.504 e. The number of esters is 2. The molecular weight excluding hydrogens is 494 g/mol. The number of cyclic esters (lactones) is 1. The van der Waals surface area contributed by atoms with E-state index in [0.29, 0.717) is 12.0 Å². The Labute approximate surface area is 222 Å². The van der Waals surface area contributed by atoms with Gasteiger partial charge in [-0.15, -0.1) is 0 Å². The Morgan fingerprint density at radius 1 is 1.26 bits per heavy atom. The smallest absolute Gasteiger partial charge is 0.340 e. The molecule has 38 heavy (non-hydrogen) atoms. The maximum absolute atomic E-state index is 13.9. The van der Waals surface area contributed by atoms with Crippen molar-refractivity contribution in [2.75, 3.05) is 20.3 Å². The van der Waals surface area contributed by atoms with Gasteiger partial charge in [0.15, 0.2) is 5.76 Å². The number of nitrogens with one attached hydrogen (secondary N) is 1. The summed E-state index contributed by atoms with van der Waals surface area (Å²) in [4.78, 5) is 52.4. The lowest BCUT2D eigenvalue weighted by Gasteiger charge is -2.53. The molecule has 6 atom stereocenters. The van der Waals surface area contributed by atoms with Gasteiger partial charge in [-0.25, -0.2) is 4.79 Å². The molecular formula is C28H37NO9. The number of Topliss-reactive ketones (excluding diaryl/α,β-unsaturated/α-hetero) is 2. The second kappa shape index (κ2) is 9.96. The minimum atomic E-state index is -1.30. The zero-order valence-corrected chi connectivity index (χ0v) is 22.8. The highest BCUT2D eigenvalue weighted by molar-refractivity contribution is 6.14. The Morgan fingerprint density at radius 2 is 1.95 bits per heavy atom. The van der Waals surface area contributed by atoms with Crippen molar-refractivity contribution in [3.05, 3.63) is 34.3 Å². The number of methoxy groups -OCH3 is 1. The van der Waals surface area contributed by atoms with Gasteiger partial charge < -0.3 is 29.7 Å². The second-order valence-electron chi connectivity index (χ2n) is 11.4. The quantitative estimate of drug-likeness (QED) is 0.329. The Morgan fingerprint density at radius 3 is 2.53 bits per heavy atom. The summed E-state index contributed by atoms with van der Waals surface area (Å²) in [5.41, 5.74) is -1.56. The van der Waals surface area contributed by atoms with Crippen molar-refractivity contribution >= 4 is 23.5 Å². The van der Waals surface area contributed by atoms with Gasteiger partial charge in [-0.1, -0.05) is 20.8 Å². The highest BCUT2D eigenvalue weighted by Crippen LogP contribution is 2.62. The average Bonchev–Trinajstić information content (AvgIpc) is 3.13. The van der Waals surface area contributed by atoms with Crippen molar-refractivity contribution in [2.24, 2.45) is 22.7 Å². The molecule has 0 spiro atoms. The minimum absolute atomic E-state index is 0.0123. The lowest BCUT2D eigenvalue weighted by Crippen LogP contribution is -2.57. The fraction of sp³-hybridized carbons (Fsp3) is 0.643. The first-order valence-electron chi connectivity index (χ1n) is 13.0. The number of aliphatic hydroxyl groups excluding tert-OH is 2. The van der Waals surface area contributed by atoms with E-state index in [0.717, 1.165) is 0 Å². The molecule has 0 amide bonds. The summed E-state index contributed by atoms with van der Waals surface area (Å²) < 4.78 is 17.0. The molecule has 4 aliphatic rings. The van der Waals surface area contributed by atoms with Crippen LogP contribution in [-0.2, 0) is 33.4 Å². The predicted octanol–water partition coefficient (Wildman–Crippen LogP) is 2.07. The molecule has 1 saturated heterocycles. The van der Waals surface area contributed by atoms with Gasteiger partial charge in [-0.3, -0.25) is 14.4 Å². The molecule has 1 saturated carbocycles. The summed E-state index contributed by atoms with van der Waals surface area (Å²) in [5, 5.41) is 24.2. The van der Waals surface area contributed by atoms with E-state index in [1.54, 1.807) is 13.8 Å². The summed E-state index contributed by atoms with van der Waals surface area (Å²) in [7, 11) is 1.45. The lowest BCUT2D eigenvalue weighted by atomic mass is 9.53. The number of fused-ring (bicyclic) bond motifs is 4. The molecule has 1 heterocycles. The lowest BCUT2D eigenvalue weighted by molar-refractivity contribution is -0.160. The average molecular weight is 532 g/mol. The maximum Gasteiger partial charge on any atom is 0.340 e. The Kier molecular flexibility index (Phi) is 7.35. The van der Waals surface area contributed by atoms with Gasteiger partial charge in [-0.2, -0.15) is 0 Å². The van der Waals surface area contributed by atoms with Gasteiger partial charge >= 0.3 is 11.9 Å². The Hall–Kier alpha value is -2.98. The zero-order valence-electron chi connectivity index (χ0n) is 22.8. The van der Waals surface area contributed by atoms with E-state index in [2.05, 4.69) is 5.32 Å². The monoisotopic (exact) mass is 531 g/mol. The van der Waals surface area contributed by atoms with Crippen LogP contribution in [0, 0.1) is 22.7 Å². The van der Waals surface area contributed by atoms with E-state index in [1.807, 2.05) is 13.8 Å². The van der Waals surface area contributed by atoms with Gasteiger partial charge in [-0.05, 0) is 24.8 Å². The molecule has 208 valence electrons. The van der Waals surface area contributed by atoms with Crippen LogP contribution in [0.4, 0.5) is 0 Å². The number of hydrogen-bond acceptors (Lipinski definition) is 10. The van der Waals surface area contributed by atoms with Crippen molar-refractivity contribution < 1.29 is 43.6 Å². The number of ether oxygens (including phenoxy) is 3. The van der Waals surface area contributed by atoms with Crippen LogP contribution >= 0.6 is 0 Å². The van der Waals surface area contributed by atoms with Crippen LogP contribution in [0.3, 0.4) is 0 Å². The van der Waals surface area contributed by atoms with Crippen molar-refractivity contribution in [3.8, 4) is 0 Å². The van der Waals surface area contributed by atoms with Crippen LogP contribution in [0.15, 0.2) is 34.3 Å². The van der Waals surface area contributed by atoms with Crippen LogP contribution in [0.1, 0.15) is 53.9 Å². The number of aliphatic hydroxyl groups is 2. The van der Waals surface area contributed by atoms with Crippen molar-refractivity contribution in [2.45, 2.75) is 72.1 Å². The molecule has 10 nitrogen and oxygen atoms in total. The second-order valence-corrected chi connectivity index (χ2v) is 11.4. The summed E-state index contributed by atoms with van der Waals surface area (Å²) >= 11 is 0. The van der Waals surface area contributed by atoms with E-state index < -0.39 is 58.5 Å². The third-order valence-electron chi connectivity index (χ3n) is 8.86. The number of rotatable bonds is 7. The first-order chi connectivity index (χ1) is 17.8. The van der Waals surface area contributed by atoms with Crippen molar-refractivity contribution in [1.82, 2.24) is 5.32 Å². The highest BCUT2D eigenvalue weighted by atomic mass is 16.6. The molecule has 3 aliphatic carbocycles. The van der Waals surface area contributed by atoms with Gasteiger partial charge in [0.1, 0.15) is 18.0 Å². The van der Waals surface area contributed by atoms with E-state index in [4.69, 9.17) is 14.2 Å². The highest BCUT2D eigenvalue weighted by Gasteiger charge is 2.64. The van der Waals surface area contributed by atoms with Crippen LogP contribution < -0.4 is 5.32 Å². The predicted molar refractivity (Wildman–Crippen MR) is 134 cm³/mol. The fourth-order valence-electron chi connectivity index (χ4n) is 6.74. The SMILES string of the molecule is COC[C@H]1OC(=O)/C(=C\N[C@H](CO)C(C)C)C2=C(O)C(=O)C3=C([C@H](OC(C)=O)C[C@]4(C)C(=O)CC[C@@H]34)[C@]21C. The van der Waals surface area contributed by atoms with E-state index >= 15 is 0 Å². The molecule has 2 fully saturated rings. The van der Waals surface area contributed by atoms with Crippen LogP contribution in [0.2, 0.25) is 0 Å². The molecule has 1 aliphatic heterocycles. The molecule has 0 aromatic heterocycles. The topological polar surface area (TPSA) is 148 Å². The third-order valence-corrected chi connectivity index (χ3v) is 8.86. The summed E-state index contributed by atoms with van der Waals surface area (Å²) in [5.74, 6) is -3.12. The Bertz CT molecular complexity index is 1160. The fourth-order valence-corrected chi connectivity index (χ4v) is 6.74. The van der Waals surface area contributed by atoms with E-state index in [-0.39, 0.29) is 54.5 Å². The first-order valence-corrected chi connectivity index (χ1v) is 13.0. The summed E-state index contributed by atoms with van der Waals surface area (Å²) in [6, 6.07) is -0.399. The summed E-state index contributed by atoms with van der Waals surface area (Å²) in [6.07, 6.45) is 0.338. The number of ketones is 2. The van der Waals surface area contributed by atoms with Crippen molar-refractivity contribution in [3.63, 3.8) is 0 Å². The Balaban J connectivity index is 1.97. The number of hydrogen-bond donors (Lipinski definition) is 3. The largest absolute Gasteiger partial charge is 0.504 e. The molecule has 10 heteroatoms. The van der Waals surface area contributed by atoms with Gasteiger partial charge in [0.2, 0.25) is 5.78 Å².